The molecule has 0 aliphatic carbocycles. The van der Waals surface area contributed by atoms with Crippen molar-refractivity contribution in [3.63, 3.8) is 0 Å². The summed E-state index contributed by atoms with van der Waals surface area (Å²) in [5.41, 5.74) is 4.80. The van der Waals surface area contributed by atoms with Crippen LogP contribution in [0.5, 0.6) is 5.75 Å². The maximum absolute atomic E-state index is 12.1. The zero-order valence-electron chi connectivity index (χ0n) is 15.7. The number of rotatable bonds is 4. The molecule has 3 aromatic rings. The van der Waals surface area contributed by atoms with E-state index in [0.29, 0.717) is 15.8 Å². The second kappa shape index (κ2) is 7.71. The zero-order valence-corrected chi connectivity index (χ0v) is 17.3. The third-order valence-electron chi connectivity index (χ3n) is 4.73. The Morgan fingerprint density at radius 3 is 2.48 bits per heavy atom. The van der Waals surface area contributed by atoms with Crippen LogP contribution in [0.2, 0.25) is 5.02 Å². The maximum atomic E-state index is 12.1. The Morgan fingerprint density at radius 1 is 1.22 bits per heavy atom. The maximum Gasteiger partial charge on any atom is 0.224 e. The zero-order chi connectivity index (χ0) is 19.7. The SMILES string of the molecule is CNC(=O)Cc1c(C)n(C(=S)c2ccc(C)cc2)c2cc(Cl)c(OC)cc12. The number of likely N-dealkylation sites (N-methyl/N-ethyl adjacent to an activating group) is 1. The lowest BCUT2D eigenvalue weighted by molar-refractivity contribution is -0.119. The second-order valence-corrected chi connectivity index (χ2v) is 7.22. The van der Waals surface area contributed by atoms with Crippen molar-refractivity contribution in [2.45, 2.75) is 20.3 Å². The lowest BCUT2D eigenvalue weighted by Crippen LogP contribution is -2.20. The van der Waals surface area contributed by atoms with Crippen LogP contribution >= 0.6 is 23.8 Å². The molecule has 0 atom stereocenters. The van der Waals surface area contributed by atoms with Gasteiger partial charge in [0, 0.05) is 23.7 Å². The molecule has 0 radical (unpaired) electrons. The van der Waals surface area contributed by atoms with Gasteiger partial charge in [0.2, 0.25) is 5.91 Å². The molecule has 0 spiro atoms. The molecule has 3 rings (SSSR count). The quantitative estimate of drug-likeness (QED) is 0.659. The number of thiocarbonyl (C=S) groups is 1. The van der Waals surface area contributed by atoms with Gasteiger partial charge in [-0.15, -0.1) is 0 Å². The number of benzene rings is 2. The molecule has 1 heterocycles. The number of hydrogen-bond donors (Lipinski definition) is 1. The number of carbonyl (C=O) groups is 1. The predicted octanol–water partition coefficient (Wildman–Crippen LogP) is 4.43. The summed E-state index contributed by atoms with van der Waals surface area (Å²) < 4.78 is 7.36. The highest BCUT2D eigenvalue weighted by molar-refractivity contribution is 7.80. The van der Waals surface area contributed by atoms with E-state index in [-0.39, 0.29) is 12.3 Å². The van der Waals surface area contributed by atoms with E-state index in [1.165, 1.54) is 5.56 Å². The van der Waals surface area contributed by atoms with E-state index in [1.54, 1.807) is 14.2 Å². The van der Waals surface area contributed by atoms with Gasteiger partial charge in [0.05, 0.1) is 24.1 Å². The van der Waals surface area contributed by atoms with Crippen LogP contribution in [0, 0.1) is 13.8 Å². The molecule has 27 heavy (non-hydrogen) atoms. The molecule has 1 aromatic heterocycles. The Balaban J connectivity index is 2.26. The third kappa shape index (κ3) is 3.57. The van der Waals surface area contributed by atoms with Crippen molar-refractivity contribution in [1.82, 2.24) is 9.88 Å². The van der Waals surface area contributed by atoms with E-state index in [9.17, 15) is 4.79 Å². The van der Waals surface area contributed by atoms with Crippen LogP contribution in [0.25, 0.3) is 10.9 Å². The predicted molar refractivity (Wildman–Crippen MR) is 114 cm³/mol. The smallest absolute Gasteiger partial charge is 0.224 e. The Kier molecular flexibility index (Phi) is 5.53. The third-order valence-corrected chi connectivity index (χ3v) is 5.44. The fourth-order valence-corrected chi connectivity index (χ4v) is 3.80. The van der Waals surface area contributed by atoms with Gasteiger partial charge < -0.3 is 14.6 Å². The monoisotopic (exact) mass is 400 g/mol. The average Bonchev–Trinajstić information content (AvgIpc) is 2.91. The highest BCUT2D eigenvalue weighted by Gasteiger charge is 2.21. The standard InChI is InChI=1S/C21H21ClN2O2S/c1-12-5-7-14(8-6-12)21(27)24-13(2)15(10-20(25)23-3)16-9-19(26-4)17(22)11-18(16)24/h5-9,11H,10H2,1-4H3,(H,23,25). The minimum atomic E-state index is -0.0627. The molecular weight excluding hydrogens is 380 g/mol. The van der Waals surface area contributed by atoms with Gasteiger partial charge in [-0.2, -0.15) is 0 Å². The Morgan fingerprint density at radius 2 is 1.89 bits per heavy atom. The summed E-state index contributed by atoms with van der Waals surface area (Å²) in [6.45, 7) is 4.01. The van der Waals surface area contributed by atoms with Crippen molar-refractivity contribution >= 4 is 45.6 Å². The highest BCUT2D eigenvalue weighted by Crippen LogP contribution is 2.35. The minimum Gasteiger partial charge on any atom is -0.495 e. The highest BCUT2D eigenvalue weighted by atomic mass is 35.5. The molecule has 4 nitrogen and oxygen atoms in total. The molecule has 0 saturated carbocycles. The van der Waals surface area contributed by atoms with Crippen molar-refractivity contribution in [3.8, 4) is 5.75 Å². The van der Waals surface area contributed by atoms with E-state index < -0.39 is 0 Å². The van der Waals surface area contributed by atoms with Gasteiger partial charge in [-0.1, -0.05) is 53.6 Å². The van der Waals surface area contributed by atoms with Gasteiger partial charge in [-0.3, -0.25) is 4.79 Å². The molecule has 0 aliphatic heterocycles. The van der Waals surface area contributed by atoms with Gasteiger partial charge in [0.15, 0.2) is 0 Å². The second-order valence-electron chi connectivity index (χ2n) is 6.42. The minimum absolute atomic E-state index is 0.0627. The number of aryl methyl sites for hydroxylation is 1. The fraction of sp³-hybridized carbons (Fsp3) is 0.238. The lowest BCUT2D eigenvalue weighted by Gasteiger charge is -2.11. The van der Waals surface area contributed by atoms with Crippen LogP contribution in [0.3, 0.4) is 0 Å². The van der Waals surface area contributed by atoms with Crippen LogP contribution in [-0.2, 0) is 11.2 Å². The molecule has 1 amide bonds. The summed E-state index contributed by atoms with van der Waals surface area (Å²) in [7, 11) is 3.21. The number of hydrogen-bond acceptors (Lipinski definition) is 3. The molecule has 140 valence electrons. The molecule has 1 N–H and O–H groups in total. The fourth-order valence-electron chi connectivity index (χ4n) is 3.20. The van der Waals surface area contributed by atoms with E-state index in [0.717, 1.165) is 27.7 Å². The van der Waals surface area contributed by atoms with Crippen LogP contribution in [0.15, 0.2) is 36.4 Å². The van der Waals surface area contributed by atoms with Gasteiger partial charge in [0.1, 0.15) is 10.7 Å². The normalized spacial score (nSPS) is 10.9. The molecule has 0 bridgehead atoms. The van der Waals surface area contributed by atoms with Gasteiger partial charge in [-0.05, 0) is 31.5 Å². The average molecular weight is 401 g/mol. The number of fused-ring (bicyclic) bond motifs is 1. The summed E-state index contributed by atoms with van der Waals surface area (Å²) in [4.78, 5) is 12.7. The first-order valence-corrected chi connectivity index (χ1v) is 9.35. The van der Waals surface area contributed by atoms with Crippen LogP contribution in [-0.4, -0.2) is 29.6 Å². The molecular formula is C21H21ClN2O2S. The number of nitrogens with one attached hydrogen (secondary N) is 1. The van der Waals surface area contributed by atoms with Crippen LogP contribution in [0.4, 0.5) is 0 Å². The first kappa shape index (κ1) is 19.4. The number of nitrogens with zero attached hydrogens (tertiary/aromatic N) is 1. The van der Waals surface area contributed by atoms with Crippen molar-refractivity contribution in [3.05, 3.63) is 63.8 Å². The van der Waals surface area contributed by atoms with E-state index in [1.807, 2.05) is 54.8 Å². The molecule has 0 fully saturated rings. The summed E-state index contributed by atoms with van der Waals surface area (Å²) in [5, 5.41) is 4.09. The Bertz CT molecular complexity index is 1040. The van der Waals surface area contributed by atoms with Crippen molar-refractivity contribution in [1.29, 1.82) is 0 Å². The summed E-state index contributed by atoms with van der Waals surface area (Å²) in [6, 6.07) is 11.8. The van der Waals surface area contributed by atoms with Crippen LogP contribution in [0.1, 0.15) is 22.4 Å². The number of carbonyl (C=O) groups excluding carboxylic acids is 1. The summed E-state index contributed by atoms with van der Waals surface area (Å²) >= 11 is 12.2. The topological polar surface area (TPSA) is 43.3 Å². The number of methoxy groups -OCH3 is 1. The first-order valence-electron chi connectivity index (χ1n) is 8.56. The van der Waals surface area contributed by atoms with E-state index >= 15 is 0 Å². The summed E-state index contributed by atoms with van der Waals surface area (Å²) in [6.07, 6.45) is 0.257. The number of halogens is 1. The van der Waals surface area contributed by atoms with E-state index in [4.69, 9.17) is 28.6 Å². The number of ether oxygens (including phenoxy) is 1. The first-order chi connectivity index (χ1) is 12.9. The molecule has 6 heteroatoms. The molecule has 0 unspecified atom stereocenters. The van der Waals surface area contributed by atoms with E-state index in [2.05, 4.69) is 5.32 Å². The molecule has 0 saturated heterocycles. The largest absolute Gasteiger partial charge is 0.495 e. The Labute approximate surface area is 169 Å². The van der Waals surface area contributed by atoms with Crippen LogP contribution < -0.4 is 10.1 Å². The van der Waals surface area contributed by atoms with Gasteiger partial charge >= 0.3 is 0 Å². The Hall–Kier alpha value is -2.37. The summed E-state index contributed by atoms with van der Waals surface area (Å²) in [5.74, 6) is 0.507. The number of aromatic nitrogens is 1. The number of amides is 1. The lowest BCUT2D eigenvalue weighted by atomic mass is 10.1. The molecule has 2 aromatic carbocycles. The van der Waals surface area contributed by atoms with Crippen molar-refractivity contribution in [2.24, 2.45) is 0 Å². The van der Waals surface area contributed by atoms with Crippen molar-refractivity contribution < 1.29 is 9.53 Å². The molecule has 0 aliphatic rings. The van der Waals surface area contributed by atoms with Crippen molar-refractivity contribution in [2.75, 3.05) is 14.2 Å². The van der Waals surface area contributed by atoms with Gasteiger partial charge in [-0.25, -0.2) is 0 Å². The van der Waals surface area contributed by atoms with Gasteiger partial charge in [0.25, 0.3) is 0 Å².